The van der Waals surface area contributed by atoms with Gasteiger partial charge in [-0.25, -0.2) is 0 Å². The Bertz CT molecular complexity index is 418. The Balaban J connectivity index is 2.76. The lowest BCUT2D eigenvalue weighted by Crippen LogP contribution is -2.27. The highest BCUT2D eigenvalue weighted by Crippen LogP contribution is 2.23. The van der Waals surface area contributed by atoms with E-state index in [0.29, 0.717) is 6.61 Å². The van der Waals surface area contributed by atoms with E-state index in [0.717, 1.165) is 17.0 Å². The number of amides is 1. The van der Waals surface area contributed by atoms with Crippen LogP contribution in [0.1, 0.15) is 26.3 Å². The highest BCUT2D eigenvalue weighted by atomic mass is 79.9. The second-order valence-corrected chi connectivity index (χ2v) is 5.53. The lowest BCUT2D eigenvalue weighted by molar-refractivity contribution is -0.116. The monoisotopic (exact) mass is 313 g/mol. The molecule has 0 saturated heterocycles. The SMILES string of the molecule is CCOc1ccc(NC(=O)C(Br)C(C)C)c(C)c1. The molecule has 3 nitrogen and oxygen atoms in total. The van der Waals surface area contributed by atoms with Crippen LogP contribution in [0.2, 0.25) is 0 Å². The average Bonchev–Trinajstić information content (AvgIpc) is 2.31. The van der Waals surface area contributed by atoms with Crippen molar-refractivity contribution in [3.05, 3.63) is 23.8 Å². The molecule has 0 aromatic heterocycles. The molecule has 0 bridgehead atoms. The molecule has 0 saturated carbocycles. The fourth-order valence-electron chi connectivity index (χ4n) is 1.54. The van der Waals surface area contributed by atoms with Crippen LogP contribution < -0.4 is 10.1 Å². The number of rotatable bonds is 5. The van der Waals surface area contributed by atoms with E-state index in [2.05, 4.69) is 21.2 Å². The number of halogens is 1. The lowest BCUT2D eigenvalue weighted by Gasteiger charge is -2.15. The van der Waals surface area contributed by atoms with Gasteiger partial charge < -0.3 is 10.1 Å². The van der Waals surface area contributed by atoms with Crippen LogP contribution in [0.3, 0.4) is 0 Å². The number of carbonyl (C=O) groups is 1. The van der Waals surface area contributed by atoms with Crippen molar-refractivity contribution in [2.75, 3.05) is 11.9 Å². The van der Waals surface area contributed by atoms with Gasteiger partial charge in [0, 0.05) is 5.69 Å². The smallest absolute Gasteiger partial charge is 0.238 e. The predicted molar refractivity (Wildman–Crippen MR) is 78.5 cm³/mol. The number of nitrogens with one attached hydrogen (secondary N) is 1. The topological polar surface area (TPSA) is 38.3 Å². The summed E-state index contributed by atoms with van der Waals surface area (Å²) in [5.74, 6) is 1.07. The summed E-state index contributed by atoms with van der Waals surface area (Å²) in [4.78, 5) is 11.8. The minimum atomic E-state index is -0.177. The van der Waals surface area contributed by atoms with Crippen LogP contribution in [-0.4, -0.2) is 17.3 Å². The second kappa shape index (κ2) is 6.78. The van der Waals surface area contributed by atoms with Crippen molar-refractivity contribution in [2.45, 2.75) is 32.5 Å². The Hall–Kier alpha value is -1.03. The van der Waals surface area contributed by atoms with E-state index < -0.39 is 0 Å². The van der Waals surface area contributed by atoms with Crippen LogP contribution in [0.5, 0.6) is 5.75 Å². The quantitative estimate of drug-likeness (QED) is 0.841. The van der Waals surface area contributed by atoms with E-state index in [-0.39, 0.29) is 16.7 Å². The average molecular weight is 314 g/mol. The molecular weight excluding hydrogens is 294 g/mol. The van der Waals surface area contributed by atoms with Gasteiger partial charge in [-0.3, -0.25) is 4.79 Å². The molecule has 1 rings (SSSR count). The maximum atomic E-state index is 11.9. The standard InChI is InChI=1S/C14H20BrNO2/c1-5-18-11-6-7-12(10(4)8-11)16-14(17)13(15)9(2)3/h6-9,13H,5H2,1-4H3,(H,16,17). The zero-order valence-corrected chi connectivity index (χ0v) is 12.9. The van der Waals surface area contributed by atoms with E-state index in [4.69, 9.17) is 4.74 Å². The molecule has 1 amide bonds. The molecule has 1 aromatic carbocycles. The Morgan fingerprint density at radius 3 is 2.61 bits per heavy atom. The van der Waals surface area contributed by atoms with Crippen LogP contribution >= 0.6 is 15.9 Å². The maximum absolute atomic E-state index is 11.9. The van der Waals surface area contributed by atoms with Crippen molar-refractivity contribution < 1.29 is 9.53 Å². The van der Waals surface area contributed by atoms with Gasteiger partial charge in [0.25, 0.3) is 0 Å². The third-order valence-electron chi connectivity index (χ3n) is 2.60. The van der Waals surface area contributed by atoms with Crippen molar-refractivity contribution in [3.63, 3.8) is 0 Å². The van der Waals surface area contributed by atoms with Gasteiger partial charge >= 0.3 is 0 Å². The van der Waals surface area contributed by atoms with Gasteiger partial charge in [0.1, 0.15) is 5.75 Å². The third kappa shape index (κ3) is 4.02. The van der Waals surface area contributed by atoms with Gasteiger partial charge in [-0.1, -0.05) is 29.8 Å². The lowest BCUT2D eigenvalue weighted by atomic mass is 10.1. The molecule has 0 aliphatic rings. The summed E-state index contributed by atoms with van der Waals surface area (Å²) in [6, 6.07) is 5.67. The minimum absolute atomic E-state index is 0.0164. The normalized spacial score (nSPS) is 12.3. The van der Waals surface area contributed by atoms with Crippen molar-refractivity contribution in [1.82, 2.24) is 0 Å². The summed E-state index contributed by atoms with van der Waals surface area (Å²) >= 11 is 3.39. The molecule has 0 fully saturated rings. The molecule has 1 N–H and O–H groups in total. The Labute approximate surface area is 117 Å². The second-order valence-electron chi connectivity index (χ2n) is 4.54. The van der Waals surface area contributed by atoms with Gasteiger partial charge in [-0.05, 0) is 43.5 Å². The zero-order chi connectivity index (χ0) is 13.7. The number of benzene rings is 1. The van der Waals surface area contributed by atoms with Crippen LogP contribution in [0.25, 0.3) is 0 Å². The molecule has 1 aromatic rings. The van der Waals surface area contributed by atoms with E-state index in [1.807, 2.05) is 45.9 Å². The largest absolute Gasteiger partial charge is 0.494 e. The molecule has 0 radical (unpaired) electrons. The molecule has 100 valence electrons. The van der Waals surface area contributed by atoms with E-state index in [1.54, 1.807) is 0 Å². The Kier molecular flexibility index (Phi) is 5.66. The molecule has 0 heterocycles. The third-order valence-corrected chi connectivity index (χ3v) is 4.08. The molecule has 0 aliphatic heterocycles. The number of hydrogen-bond acceptors (Lipinski definition) is 2. The molecule has 1 atom stereocenters. The number of alkyl halides is 1. The fourth-order valence-corrected chi connectivity index (χ4v) is 1.65. The van der Waals surface area contributed by atoms with Crippen LogP contribution in [-0.2, 0) is 4.79 Å². The minimum Gasteiger partial charge on any atom is -0.494 e. The first-order chi connectivity index (χ1) is 8.45. The Morgan fingerprint density at radius 2 is 2.11 bits per heavy atom. The van der Waals surface area contributed by atoms with Crippen molar-refractivity contribution >= 4 is 27.5 Å². The summed E-state index contributed by atoms with van der Waals surface area (Å²) in [6.07, 6.45) is 0. The highest BCUT2D eigenvalue weighted by molar-refractivity contribution is 9.10. The summed E-state index contributed by atoms with van der Waals surface area (Å²) in [5.41, 5.74) is 1.83. The van der Waals surface area contributed by atoms with Crippen LogP contribution in [0.15, 0.2) is 18.2 Å². The summed E-state index contributed by atoms with van der Waals surface area (Å²) in [7, 11) is 0. The van der Waals surface area contributed by atoms with Gasteiger partial charge in [0.15, 0.2) is 0 Å². The number of hydrogen-bond donors (Lipinski definition) is 1. The van der Waals surface area contributed by atoms with E-state index in [1.165, 1.54) is 0 Å². The summed E-state index contributed by atoms with van der Waals surface area (Å²) in [5, 5.41) is 2.92. The summed E-state index contributed by atoms with van der Waals surface area (Å²) in [6.45, 7) is 8.55. The molecular formula is C14H20BrNO2. The molecule has 0 spiro atoms. The highest BCUT2D eigenvalue weighted by Gasteiger charge is 2.19. The molecule has 1 unspecified atom stereocenters. The van der Waals surface area contributed by atoms with Crippen molar-refractivity contribution in [3.8, 4) is 5.75 Å². The fraction of sp³-hybridized carbons (Fsp3) is 0.500. The first-order valence-electron chi connectivity index (χ1n) is 6.14. The van der Waals surface area contributed by atoms with E-state index in [9.17, 15) is 4.79 Å². The maximum Gasteiger partial charge on any atom is 0.238 e. The number of aryl methyl sites for hydroxylation is 1. The zero-order valence-electron chi connectivity index (χ0n) is 11.3. The van der Waals surface area contributed by atoms with Gasteiger partial charge in [-0.2, -0.15) is 0 Å². The van der Waals surface area contributed by atoms with Crippen molar-refractivity contribution in [1.29, 1.82) is 0 Å². The first-order valence-corrected chi connectivity index (χ1v) is 7.05. The van der Waals surface area contributed by atoms with Crippen LogP contribution in [0, 0.1) is 12.8 Å². The number of carbonyl (C=O) groups excluding carboxylic acids is 1. The molecule has 4 heteroatoms. The number of ether oxygens (including phenoxy) is 1. The van der Waals surface area contributed by atoms with Crippen molar-refractivity contribution in [2.24, 2.45) is 5.92 Å². The first kappa shape index (κ1) is 15.0. The summed E-state index contributed by atoms with van der Waals surface area (Å²) < 4.78 is 5.41. The van der Waals surface area contributed by atoms with Gasteiger partial charge in [0.05, 0.1) is 11.4 Å². The van der Waals surface area contributed by atoms with Crippen LogP contribution in [0.4, 0.5) is 5.69 Å². The van der Waals surface area contributed by atoms with Gasteiger partial charge in [0.2, 0.25) is 5.91 Å². The number of anilines is 1. The molecule has 0 aliphatic carbocycles. The van der Waals surface area contributed by atoms with Gasteiger partial charge in [-0.15, -0.1) is 0 Å². The Morgan fingerprint density at radius 1 is 1.44 bits per heavy atom. The van der Waals surface area contributed by atoms with E-state index >= 15 is 0 Å². The molecule has 18 heavy (non-hydrogen) atoms. The predicted octanol–water partition coefficient (Wildman–Crippen LogP) is 3.75.